The number of ether oxygens (including phenoxy) is 1. The van der Waals surface area contributed by atoms with Crippen molar-refractivity contribution < 1.29 is 44.1 Å². The molecular formula is C66H58N4OPt-2. The smallest absolute Gasteiger partial charge is 0.268 e. The number of fused-ring (bicyclic) bond motifs is 4. The number of pyridine rings is 1. The molecule has 11 aromatic rings. The summed E-state index contributed by atoms with van der Waals surface area (Å²) in [6.45, 7) is 20.1. The molecule has 0 amide bonds. The predicted molar refractivity (Wildman–Crippen MR) is 292 cm³/mol. The van der Waals surface area contributed by atoms with Crippen LogP contribution in [0.3, 0.4) is 0 Å². The summed E-state index contributed by atoms with van der Waals surface area (Å²) in [6.07, 6.45) is 5.28. The summed E-state index contributed by atoms with van der Waals surface area (Å²) in [6, 6.07) is 41.0. The van der Waals surface area contributed by atoms with Crippen LogP contribution in [0.1, 0.15) is 92.7 Å². The molecule has 3 aromatic heterocycles. The van der Waals surface area contributed by atoms with Crippen LogP contribution >= 0.6 is 0 Å². The first-order valence-corrected chi connectivity index (χ1v) is 23.8. The molecule has 0 saturated carbocycles. The fourth-order valence-corrected chi connectivity index (χ4v) is 9.18. The van der Waals surface area contributed by atoms with E-state index in [1.54, 1.807) is 33.4 Å². The maximum Gasteiger partial charge on any atom is 0.268 e. The topological polar surface area (TPSA) is 35.9 Å². The first-order valence-electron chi connectivity index (χ1n) is 28.8. The van der Waals surface area contributed by atoms with E-state index >= 15 is 0 Å². The van der Waals surface area contributed by atoms with Gasteiger partial charge in [0, 0.05) is 44.3 Å². The summed E-state index contributed by atoms with van der Waals surface area (Å²) in [7, 11) is 0. The Labute approximate surface area is 452 Å². The van der Waals surface area contributed by atoms with Gasteiger partial charge in [0.15, 0.2) is 0 Å². The normalized spacial score (nSPS) is 14.1. The Morgan fingerprint density at radius 1 is 0.528 bits per heavy atom. The number of rotatable bonds is 8. The fourth-order valence-electron chi connectivity index (χ4n) is 9.18. The van der Waals surface area contributed by atoms with Crippen molar-refractivity contribution in [3.63, 3.8) is 0 Å². The number of nitrogens with zero attached hydrogens (tertiary/aromatic N) is 4. The molecule has 11 rings (SSSR count). The van der Waals surface area contributed by atoms with Crippen molar-refractivity contribution in [3.8, 4) is 62.1 Å². The molecule has 8 aromatic carbocycles. The maximum absolute atomic E-state index is 9.07. The van der Waals surface area contributed by atoms with E-state index in [2.05, 4.69) is 140 Å². The molecule has 0 unspecified atom stereocenters. The van der Waals surface area contributed by atoms with Gasteiger partial charge in [0.05, 0.1) is 30.4 Å². The van der Waals surface area contributed by atoms with Gasteiger partial charge in [-0.1, -0.05) is 201 Å². The van der Waals surface area contributed by atoms with Crippen LogP contribution in [0.15, 0.2) is 188 Å². The third-order valence-electron chi connectivity index (χ3n) is 13.1. The SMILES string of the molecule is [2H]c1c([2H])c([2H])c(-c2cccc(-c3c([2H])c([2H])c([2H])c([2H])c3[2H])c2-[n+]2[c-]n(-c3[c-]c(Oc4[c-]c5c(cc4)c4cc(-c6cc(C(C)(C)C)cc(C(C)(C)C)c6)ccc4n5-c4cc(C(C)(C)C)ccn4)ccc3)c3ccccc32)c([2H])c1[2H].[Pt]. The van der Waals surface area contributed by atoms with Gasteiger partial charge in [0.25, 0.3) is 6.33 Å². The summed E-state index contributed by atoms with van der Waals surface area (Å²) in [5.74, 6) is 1.52. The summed E-state index contributed by atoms with van der Waals surface area (Å²) in [5, 5.41) is 2.00. The zero-order valence-electron chi connectivity index (χ0n) is 51.6. The molecule has 0 N–H and O–H groups in total. The maximum atomic E-state index is 9.07. The number of imidazole rings is 1. The van der Waals surface area contributed by atoms with E-state index < -0.39 is 60.4 Å². The van der Waals surface area contributed by atoms with E-state index in [1.807, 2.05) is 48.7 Å². The molecule has 360 valence electrons. The average Bonchev–Trinajstić information content (AvgIpc) is 4.11. The molecule has 72 heavy (non-hydrogen) atoms. The summed E-state index contributed by atoms with van der Waals surface area (Å²) < 4.78 is 99.7. The van der Waals surface area contributed by atoms with Gasteiger partial charge < -0.3 is 13.9 Å². The van der Waals surface area contributed by atoms with Crippen molar-refractivity contribution in [2.45, 2.75) is 78.6 Å². The monoisotopic (exact) mass is 1130 g/mol. The summed E-state index contributed by atoms with van der Waals surface area (Å²) in [4.78, 5) is 4.95. The first-order chi connectivity index (χ1) is 38.2. The molecule has 0 saturated heterocycles. The van der Waals surface area contributed by atoms with Crippen LogP contribution in [0.25, 0.3) is 83.4 Å². The molecule has 6 heteroatoms. The number of hydrogen-bond acceptors (Lipinski definition) is 2. The predicted octanol–water partition coefficient (Wildman–Crippen LogP) is 16.5. The summed E-state index contributed by atoms with van der Waals surface area (Å²) >= 11 is 0. The Morgan fingerprint density at radius 2 is 1.15 bits per heavy atom. The van der Waals surface area contributed by atoms with Gasteiger partial charge in [0.2, 0.25) is 0 Å². The Kier molecular flexibility index (Phi) is 9.72. The van der Waals surface area contributed by atoms with Crippen molar-refractivity contribution in [2.75, 3.05) is 0 Å². The van der Waals surface area contributed by atoms with Gasteiger partial charge in [-0.15, -0.1) is 29.7 Å². The van der Waals surface area contributed by atoms with Gasteiger partial charge in [-0.25, -0.2) is 4.98 Å². The Balaban J connectivity index is 0.00000753. The fraction of sp³-hybridized carbons (Fsp3) is 0.182. The van der Waals surface area contributed by atoms with Gasteiger partial charge in [0.1, 0.15) is 5.82 Å². The summed E-state index contributed by atoms with van der Waals surface area (Å²) in [5.41, 5.74) is 9.17. The van der Waals surface area contributed by atoms with Gasteiger partial charge in [-0.05, 0) is 95.6 Å². The molecule has 0 bridgehead atoms. The zero-order chi connectivity index (χ0) is 57.9. The third kappa shape index (κ3) is 9.12. The molecule has 0 atom stereocenters. The van der Waals surface area contributed by atoms with Crippen molar-refractivity contribution in [3.05, 3.63) is 223 Å². The molecule has 0 aliphatic heterocycles. The van der Waals surface area contributed by atoms with Crippen molar-refractivity contribution >= 4 is 32.8 Å². The number of aromatic nitrogens is 4. The van der Waals surface area contributed by atoms with E-state index in [9.17, 15) is 0 Å². The van der Waals surface area contributed by atoms with E-state index in [1.165, 1.54) is 11.1 Å². The Hall–Kier alpha value is -7.33. The average molecular weight is 1130 g/mol. The minimum Gasteiger partial charge on any atom is -0.510 e. The van der Waals surface area contributed by atoms with E-state index in [0.29, 0.717) is 28.2 Å². The van der Waals surface area contributed by atoms with Crippen LogP contribution in [0.2, 0.25) is 0 Å². The van der Waals surface area contributed by atoms with Crippen molar-refractivity contribution in [1.29, 1.82) is 0 Å². The Bertz CT molecular complexity index is 4230. The molecule has 0 aliphatic rings. The zero-order valence-corrected chi connectivity index (χ0v) is 43.9. The largest absolute Gasteiger partial charge is 0.510 e. The van der Waals surface area contributed by atoms with Crippen LogP contribution in [-0.2, 0) is 37.3 Å². The molecule has 0 aliphatic carbocycles. The standard InChI is InChI=1S/C66H58N4O.Pt/c1-64(2,3)48-34-35-67-62(40-48)70-58-33-30-46(47-36-49(65(4,5)6)39-50(37-47)66(7,8)9)38-57(58)56-32-31-53(42-61(56)70)71-52-25-18-24-51(41-52)68-43-69(60-29-17-16-28-59(60)68)63-54(44-20-12-10-13-21-44)26-19-27-55(63)45-22-14-11-15-23-45;/h10-40H,1-9H3;/q-2;/i10D,11D,12D,13D,14D,15D,20D,21D,22D,23D;. The molecule has 0 radical (unpaired) electrons. The van der Waals surface area contributed by atoms with Crippen LogP contribution in [0.5, 0.6) is 11.5 Å². The molecule has 0 fully saturated rings. The van der Waals surface area contributed by atoms with Crippen LogP contribution in [0.4, 0.5) is 0 Å². The van der Waals surface area contributed by atoms with Gasteiger partial charge in [-0.3, -0.25) is 4.57 Å². The number of hydrogen-bond donors (Lipinski definition) is 0. The quantitative estimate of drug-likeness (QED) is 0.112. The second kappa shape index (κ2) is 18.7. The molecule has 5 nitrogen and oxygen atoms in total. The van der Waals surface area contributed by atoms with Gasteiger partial charge >= 0.3 is 0 Å². The van der Waals surface area contributed by atoms with Crippen LogP contribution < -0.4 is 9.30 Å². The van der Waals surface area contributed by atoms with Crippen molar-refractivity contribution in [2.24, 2.45) is 0 Å². The van der Waals surface area contributed by atoms with Crippen molar-refractivity contribution in [1.82, 2.24) is 14.1 Å². The van der Waals surface area contributed by atoms with E-state index in [-0.39, 0.29) is 65.3 Å². The first kappa shape index (κ1) is 37.4. The second-order valence-electron chi connectivity index (χ2n) is 21.1. The number of benzene rings is 8. The van der Waals surface area contributed by atoms with Gasteiger partial charge in [-0.2, -0.15) is 18.2 Å². The Morgan fingerprint density at radius 3 is 1.81 bits per heavy atom. The second-order valence-corrected chi connectivity index (χ2v) is 21.1. The molecular weight excluding hydrogens is 1060 g/mol. The van der Waals surface area contributed by atoms with E-state index in [4.69, 9.17) is 23.4 Å². The molecule has 0 spiro atoms. The third-order valence-corrected chi connectivity index (χ3v) is 13.1. The minimum absolute atomic E-state index is 0. The van der Waals surface area contributed by atoms with Crippen LogP contribution in [-0.4, -0.2) is 14.1 Å². The molecule has 3 heterocycles. The minimum atomic E-state index is -0.574. The van der Waals surface area contributed by atoms with Crippen LogP contribution in [0, 0.1) is 18.5 Å². The number of para-hydroxylation sites is 3. The van der Waals surface area contributed by atoms with E-state index in [0.717, 1.165) is 44.3 Å².